The number of halogens is 1. The zero-order chi connectivity index (χ0) is 20.4. The van der Waals surface area contributed by atoms with E-state index in [0.29, 0.717) is 16.4 Å². The number of H-pyrrole nitrogens is 1. The lowest BCUT2D eigenvalue weighted by Gasteiger charge is -2.32. The number of hydrogen-bond acceptors (Lipinski definition) is 4. The van der Waals surface area contributed by atoms with Gasteiger partial charge in [-0.15, -0.1) is 0 Å². The minimum Gasteiger partial charge on any atom is -0.466 e. The fraction of sp³-hybridized carbons (Fsp3) is 0.130. The van der Waals surface area contributed by atoms with E-state index in [1.165, 1.54) is 7.11 Å². The molecule has 0 fully saturated rings. The van der Waals surface area contributed by atoms with Gasteiger partial charge in [0.2, 0.25) is 0 Å². The van der Waals surface area contributed by atoms with E-state index in [0.717, 1.165) is 28.1 Å². The summed E-state index contributed by atoms with van der Waals surface area (Å²) in [6.07, 6.45) is 3.47. The van der Waals surface area contributed by atoms with Crippen LogP contribution in [0.2, 0.25) is 5.02 Å². The Labute approximate surface area is 174 Å². The number of aromatic amines is 1. The maximum atomic E-state index is 12.8. The van der Waals surface area contributed by atoms with Crippen LogP contribution in [0.4, 0.5) is 0 Å². The Bertz CT molecular complexity index is 1080. The molecule has 1 unspecified atom stereocenters. The molecule has 5 nitrogen and oxygen atoms in total. The molecule has 4 rings (SSSR count). The van der Waals surface area contributed by atoms with Gasteiger partial charge in [0, 0.05) is 34.6 Å². The van der Waals surface area contributed by atoms with Crippen LogP contribution < -0.4 is 5.32 Å². The summed E-state index contributed by atoms with van der Waals surface area (Å²) in [7, 11) is 1.39. The molecule has 1 aromatic heterocycles. The number of benzene rings is 2. The molecular weight excluding hydrogens is 386 g/mol. The molecule has 0 radical (unpaired) electrons. The minimum absolute atomic E-state index is 0.373. The van der Waals surface area contributed by atoms with E-state index in [2.05, 4.69) is 15.3 Å². The van der Waals surface area contributed by atoms with Gasteiger partial charge < -0.3 is 15.0 Å². The van der Waals surface area contributed by atoms with Gasteiger partial charge >= 0.3 is 5.97 Å². The molecule has 29 heavy (non-hydrogen) atoms. The third-order valence-electron chi connectivity index (χ3n) is 4.99. The van der Waals surface area contributed by atoms with Gasteiger partial charge in [-0.1, -0.05) is 54.1 Å². The zero-order valence-corrected chi connectivity index (χ0v) is 16.8. The topological polar surface area (TPSA) is 67.0 Å². The van der Waals surface area contributed by atoms with Crippen molar-refractivity contribution in [3.05, 3.63) is 100 Å². The molecular formula is C23H20ClN3O2. The van der Waals surface area contributed by atoms with Crippen molar-refractivity contribution in [3.8, 4) is 0 Å². The summed E-state index contributed by atoms with van der Waals surface area (Å²) in [5.74, 6) is -0.0707. The van der Waals surface area contributed by atoms with Gasteiger partial charge in [0.05, 0.1) is 18.4 Å². The SMILES string of the molecule is COC(=O)C1=C(C)NC(c2ccccc2)=C(c2ncc[nH]2)C1c1ccc(Cl)cc1. The molecule has 0 amide bonds. The van der Waals surface area contributed by atoms with Crippen molar-refractivity contribution < 1.29 is 9.53 Å². The number of carbonyl (C=O) groups excluding carboxylic acids is 1. The van der Waals surface area contributed by atoms with E-state index in [9.17, 15) is 4.79 Å². The molecule has 0 bridgehead atoms. The summed E-state index contributed by atoms with van der Waals surface area (Å²) in [5.41, 5.74) is 4.98. The van der Waals surface area contributed by atoms with E-state index < -0.39 is 0 Å². The average Bonchev–Trinajstić information content (AvgIpc) is 3.28. The highest BCUT2D eigenvalue weighted by atomic mass is 35.5. The molecule has 1 aliphatic rings. The third kappa shape index (κ3) is 3.57. The van der Waals surface area contributed by atoms with Crippen LogP contribution in [0.25, 0.3) is 11.3 Å². The summed E-state index contributed by atoms with van der Waals surface area (Å²) in [6.45, 7) is 1.89. The van der Waals surface area contributed by atoms with Gasteiger partial charge in [-0.2, -0.15) is 0 Å². The number of methoxy groups -OCH3 is 1. The van der Waals surface area contributed by atoms with Crippen LogP contribution in [-0.4, -0.2) is 23.0 Å². The molecule has 0 spiro atoms. The molecule has 1 aliphatic heterocycles. The first-order valence-electron chi connectivity index (χ1n) is 9.21. The Hall–Kier alpha value is -3.31. The number of esters is 1. The van der Waals surface area contributed by atoms with E-state index in [4.69, 9.17) is 16.3 Å². The molecule has 1 atom stereocenters. The lowest BCUT2D eigenvalue weighted by molar-refractivity contribution is -0.136. The second-order valence-electron chi connectivity index (χ2n) is 6.73. The van der Waals surface area contributed by atoms with Gasteiger partial charge in [-0.25, -0.2) is 9.78 Å². The van der Waals surface area contributed by atoms with Gasteiger partial charge in [-0.05, 0) is 30.2 Å². The number of imidazole rings is 1. The second kappa shape index (κ2) is 7.97. The molecule has 3 aromatic rings. The molecule has 0 saturated carbocycles. The number of ether oxygens (including phenoxy) is 1. The van der Waals surface area contributed by atoms with E-state index in [1.54, 1.807) is 12.4 Å². The average molecular weight is 406 g/mol. The van der Waals surface area contributed by atoms with Gasteiger partial charge in [0.15, 0.2) is 0 Å². The van der Waals surface area contributed by atoms with Crippen molar-refractivity contribution in [3.63, 3.8) is 0 Å². The predicted octanol–water partition coefficient (Wildman–Crippen LogP) is 4.77. The number of aromatic nitrogens is 2. The number of hydrogen-bond donors (Lipinski definition) is 2. The number of dihydropyridines is 1. The number of nitrogens with one attached hydrogen (secondary N) is 2. The largest absolute Gasteiger partial charge is 0.466 e. The number of carbonyl (C=O) groups is 1. The molecule has 6 heteroatoms. The maximum Gasteiger partial charge on any atom is 0.336 e. The Morgan fingerprint density at radius 3 is 2.45 bits per heavy atom. The fourth-order valence-corrected chi connectivity index (χ4v) is 3.82. The van der Waals surface area contributed by atoms with E-state index in [-0.39, 0.29) is 11.9 Å². The lowest BCUT2D eigenvalue weighted by Crippen LogP contribution is -2.28. The van der Waals surface area contributed by atoms with Crippen molar-refractivity contribution in [2.45, 2.75) is 12.8 Å². The Balaban J connectivity index is 2.01. The smallest absolute Gasteiger partial charge is 0.336 e. The number of nitrogens with zero attached hydrogens (tertiary/aromatic N) is 1. The third-order valence-corrected chi connectivity index (χ3v) is 5.24. The molecule has 0 saturated heterocycles. The Morgan fingerprint density at radius 2 is 1.83 bits per heavy atom. The van der Waals surface area contributed by atoms with Crippen molar-refractivity contribution in [1.29, 1.82) is 0 Å². The first-order chi connectivity index (χ1) is 14.1. The van der Waals surface area contributed by atoms with Crippen molar-refractivity contribution in [2.75, 3.05) is 7.11 Å². The van der Waals surface area contributed by atoms with Gasteiger partial charge in [0.25, 0.3) is 0 Å². The summed E-state index contributed by atoms with van der Waals surface area (Å²) < 4.78 is 5.13. The first kappa shape index (κ1) is 19.0. The van der Waals surface area contributed by atoms with Gasteiger partial charge in [-0.3, -0.25) is 0 Å². The highest BCUT2D eigenvalue weighted by Gasteiger charge is 2.36. The standard InChI is InChI=1S/C23H20ClN3O2/c1-14-18(23(28)29-2)19(15-8-10-17(24)11-9-15)20(22-25-12-13-26-22)21(27-14)16-6-4-3-5-7-16/h3-13,19,27H,1-2H3,(H,25,26). The summed E-state index contributed by atoms with van der Waals surface area (Å²) >= 11 is 6.12. The van der Waals surface area contributed by atoms with Crippen LogP contribution in [-0.2, 0) is 9.53 Å². The predicted molar refractivity (Wildman–Crippen MR) is 114 cm³/mol. The summed E-state index contributed by atoms with van der Waals surface area (Å²) in [5, 5.41) is 4.05. The highest BCUT2D eigenvalue weighted by Crippen LogP contribution is 2.45. The second-order valence-corrected chi connectivity index (χ2v) is 7.17. The Morgan fingerprint density at radius 1 is 1.10 bits per heavy atom. The van der Waals surface area contributed by atoms with Gasteiger partial charge in [0.1, 0.15) is 5.82 Å². The quantitative estimate of drug-likeness (QED) is 0.614. The van der Waals surface area contributed by atoms with Crippen LogP contribution in [0.3, 0.4) is 0 Å². The summed E-state index contributed by atoms with van der Waals surface area (Å²) in [6, 6.07) is 17.5. The highest BCUT2D eigenvalue weighted by molar-refractivity contribution is 6.30. The zero-order valence-electron chi connectivity index (χ0n) is 16.1. The monoisotopic (exact) mass is 405 g/mol. The van der Waals surface area contributed by atoms with Crippen molar-refractivity contribution in [1.82, 2.24) is 15.3 Å². The van der Waals surface area contributed by atoms with Crippen LogP contribution in [0, 0.1) is 0 Å². The lowest BCUT2D eigenvalue weighted by atomic mass is 9.79. The molecule has 2 N–H and O–H groups in total. The molecule has 146 valence electrons. The van der Waals surface area contributed by atoms with Crippen molar-refractivity contribution >= 4 is 28.8 Å². The minimum atomic E-state index is -0.383. The molecule has 2 heterocycles. The van der Waals surface area contributed by atoms with Crippen LogP contribution in [0.5, 0.6) is 0 Å². The van der Waals surface area contributed by atoms with Crippen LogP contribution in [0.15, 0.2) is 78.3 Å². The fourth-order valence-electron chi connectivity index (χ4n) is 3.70. The maximum absolute atomic E-state index is 12.8. The van der Waals surface area contributed by atoms with Crippen molar-refractivity contribution in [2.24, 2.45) is 0 Å². The van der Waals surface area contributed by atoms with Crippen LogP contribution in [0.1, 0.15) is 29.8 Å². The number of rotatable bonds is 4. The first-order valence-corrected chi connectivity index (χ1v) is 9.59. The van der Waals surface area contributed by atoms with Crippen LogP contribution >= 0.6 is 11.6 Å². The normalized spacial score (nSPS) is 16.6. The number of allylic oxidation sites excluding steroid dienone is 2. The van der Waals surface area contributed by atoms with E-state index in [1.807, 2.05) is 61.5 Å². The van der Waals surface area contributed by atoms with E-state index >= 15 is 0 Å². The molecule has 2 aromatic carbocycles. The Kier molecular flexibility index (Phi) is 5.23. The molecule has 0 aliphatic carbocycles. The summed E-state index contributed by atoms with van der Waals surface area (Å²) in [4.78, 5) is 20.5.